The first kappa shape index (κ1) is 13.2. The van der Waals surface area contributed by atoms with Crippen molar-refractivity contribution >= 4 is 17.1 Å². The number of hydrogen-bond donors (Lipinski definition) is 1. The summed E-state index contributed by atoms with van der Waals surface area (Å²) in [6.07, 6.45) is 2.29. The molecule has 0 bridgehead atoms. The van der Waals surface area contributed by atoms with Crippen LogP contribution in [0.3, 0.4) is 0 Å². The highest BCUT2D eigenvalue weighted by molar-refractivity contribution is 5.89. The van der Waals surface area contributed by atoms with Gasteiger partial charge in [-0.15, -0.1) is 0 Å². The Bertz CT molecular complexity index is 741. The summed E-state index contributed by atoms with van der Waals surface area (Å²) in [4.78, 5) is 4.45. The summed E-state index contributed by atoms with van der Waals surface area (Å²) >= 11 is 0. The molecule has 2 aromatic rings. The predicted molar refractivity (Wildman–Crippen MR) is 87.6 cm³/mol. The third-order valence-electron chi connectivity index (χ3n) is 4.22. The number of para-hydroxylation sites is 2. The minimum atomic E-state index is -0.395. The maximum Gasteiger partial charge on any atom is 0.120 e. The van der Waals surface area contributed by atoms with Gasteiger partial charge in [-0.3, -0.25) is 4.90 Å². The second-order valence-corrected chi connectivity index (χ2v) is 5.56. The molecule has 0 aromatic heterocycles. The highest BCUT2D eigenvalue weighted by atomic mass is 16.5. The van der Waals surface area contributed by atoms with Crippen LogP contribution >= 0.6 is 0 Å². The van der Waals surface area contributed by atoms with Crippen LogP contribution in [0.15, 0.2) is 60.4 Å². The van der Waals surface area contributed by atoms with E-state index in [1.807, 2.05) is 30.3 Å². The molecule has 22 heavy (non-hydrogen) atoms. The van der Waals surface area contributed by atoms with E-state index >= 15 is 0 Å². The van der Waals surface area contributed by atoms with E-state index in [1.54, 1.807) is 7.11 Å². The lowest BCUT2D eigenvalue weighted by Crippen LogP contribution is -2.33. The number of anilines is 3. The van der Waals surface area contributed by atoms with E-state index < -0.39 is 6.10 Å². The fourth-order valence-corrected chi connectivity index (χ4v) is 3.19. The summed E-state index contributed by atoms with van der Waals surface area (Å²) in [5.74, 6) is 1.85. The van der Waals surface area contributed by atoms with Crippen molar-refractivity contribution in [2.75, 3.05) is 23.5 Å². The summed E-state index contributed by atoms with van der Waals surface area (Å²) in [6, 6.07) is 16.3. The fourth-order valence-electron chi connectivity index (χ4n) is 3.19. The standard InChI is InChI=1S/C18H18N2O2/c1-22-15-6-4-5-13(11-15)20-17-8-3-2-7-16(17)19-10-9-14(21)12-18(19)20/h2-8,11-12,14,21H,9-10H2,1H3. The molecule has 1 unspecified atom stereocenters. The van der Waals surface area contributed by atoms with Crippen LogP contribution in [-0.4, -0.2) is 24.9 Å². The van der Waals surface area contributed by atoms with Crippen LogP contribution in [0.5, 0.6) is 5.75 Å². The topological polar surface area (TPSA) is 35.9 Å². The molecule has 1 atom stereocenters. The number of fused-ring (bicyclic) bond motifs is 3. The van der Waals surface area contributed by atoms with Gasteiger partial charge in [-0.25, -0.2) is 0 Å². The smallest absolute Gasteiger partial charge is 0.120 e. The van der Waals surface area contributed by atoms with Gasteiger partial charge < -0.3 is 14.7 Å². The van der Waals surface area contributed by atoms with Crippen molar-refractivity contribution in [3.63, 3.8) is 0 Å². The summed E-state index contributed by atoms with van der Waals surface area (Å²) in [5, 5.41) is 10.0. The van der Waals surface area contributed by atoms with Crippen molar-refractivity contribution in [2.24, 2.45) is 0 Å². The lowest BCUT2D eigenvalue weighted by atomic mass is 10.1. The number of aliphatic hydroxyl groups excluding tert-OH is 1. The van der Waals surface area contributed by atoms with Gasteiger partial charge in [0.1, 0.15) is 11.6 Å². The lowest BCUT2D eigenvalue weighted by Gasteiger charge is -2.30. The van der Waals surface area contributed by atoms with E-state index in [2.05, 4.69) is 34.1 Å². The second-order valence-electron chi connectivity index (χ2n) is 5.56. The molecular formula is C18H18N2O2. The molecule has 2 heterocycles. The zero-order chi connectivity index (χ0) is 15.1. The normalized spacial score (nSPS) is 19.5. The van der Waals surface area contributed by atoms with E-state index in [0.29, 0.717) is 0 Å². The molecule has 0 saturated heterocycles. The van der Waals surface area contributed by atoms with Gasteiger partial charge in [0.2, 0.25) is 0 Å². The third-order valence-corrected chi connectivity index (χ3v) is 4.22. The summed E-state index contributed by atoms with van der Waals surface area (Å²) in [6.45, 7) is 0.824. The second kappa shape index (κ2) is 5.07. The molecule has 2 aliphatic heterocycles. The minimum absolute atomic E-state index is 0.395. The van der Waals surface area contributed by atoms with Crippen LogP contribution in [0.1, 0.15) is 6.42 Å². The van der Waals surface area contributed by atoms with Gasteiger partial charge in [0.25, 0.3) is 0 Å². The molecule has 0 aliphatic carbocycles. The maximum atomic E-state index is 10.0. The molecule has 4 rings (SSSR count). The van der Waals surface area contributed by atoms with Crippen molar-refractivity contribution in [3.8, 4) is 5.75 Å². The highest BCUT2D eigenvalue weighted by Crippen LogP contribution is 2.47. The Morgan fingerprint density at radius 2 is 1.91 bits per heavy atom. The highest BCUT2D eigenvalue weighted by Gasteiger charge is 2.34. The average Bonchev–Trinajstić information content (AvgIpc) is 2.88. The van der Waals surface area contributed by atoms with E-state index in [9.17, 15) is 5.11 Å². The predicted octanol–water partition coefficient (Wildman–Crippen LogP) is 3.26. The van der Waals surface area contributed by atoms with Crippen molar-refractivity contribution < 1.29 is 9.84 Å². The Kier molecular flexibility index (Phi) is 3.05. The number of methoxy groups -OCH3 is 1. The fraction of sp³-hybridized carbons (Fsp3) is 0.222. The van der Waals surface area contributed by atoms with E-state index in [4.69, 9.17) is 4.74 Å². The van der Waals surface area contributed by atoms with Crippen LogP contribution in [0.2, 0.25) is 0 Å². The van der Waals surface area contributed by atoms with E-state index in [1.165, 1.54) is 5.69 Å². The van der Waals surface area contributed by atoms with E-state index in [-0.39, 0.29) is 0 Å². The van der Waals surface area contributed by atoms with Crippen LogP contribution in [0.25, 0.3) is 0 Å². The molecule has 4 heteroatoms. The number of benzene rings is 2. The van der Waals surface area contributed by atoms with Crippen LogP contribution in [0, 0.1) is 0 Å². The molecule has 2 aromatic carbocycles. The van der Waals surface area contributed by atoms with Gasteiger partial charge in [0, 0.05) is 12.6 Å². The molecule has 4 nitrogen and oxygen atoms in total. The number of rotatable bonds is 2. The summed E-state index contributed by atoms with van der Waals surface area (Å²) in [7, 11) is 1.67. The van der Waals surface area contributed by atoms with Gasteiger partial charge in [-0.05, 0) is 36.8 Å². The van der Waals surface area contributed by atoms with Crippen molar-refractivity contribution in [3.05, 3.63) is 60.4 Å². The first-order valence-corrected chi connectivity index (χ1v) is 7.48. The molecule has 0 spiro atoms. The monoisotopic (exact) mass is 294 g/mol. The first-order chi connectivity index (χ1) is 10.8. The number of nitrogens with zero attached hydrogens (tertiary/aromatic N) is 2. The summed E-state index contributed by atoms with van der Waals surface area (Å²) in [5.41, 5.74) is 3.36. The van der Waals surface area contributed by atoms with Crippen LogP contribution < -0.4 is 14.5 Å². The van der Waals surface area contributed by atoms with E-state index in [0.717, 1.165) is 35.9 Å². The van der Waals surface area contributed by atoms with Gasteiger partial charge >= 0.3 is 0 Å². The quantitative estimate of drug-likeness (QED) is 0.922. The Morgan fingerprint density at radius 1 is 1.09 bits per heavy atom. The molecule has 0 amide bonds. The Morgan fingerprint density at radius 3 is 2.73 bits per heavy atom. The maximum absolute atomic E-state index is 10.0. The Balaban J connectivity index is 1.88. The minimum Gasteiger partial charge on any atom is -0.497 e. The lowest BCUT2D eigenvalue weighted by molar-refractivity contribution is 0.209. The van der Waals surface area contributed by atoms with Gasteiger partial charge in [-0.1, -0.05) is 18.2 Å². The zero-order valence-corrected chi connectivity index (χ0v) is 12.4. The number of aliphatic hydroxyl groups is 1. The van der Waals surface area contributed by atoms with Crippen molar-refractivity contribution in [1.29, 1.82) is 0 Å². The van der Waals surface area contributed by atoms with Crippen LogP contribution in [0.4, 0.5) is 17.1 Å². The SMILES string of the molecule is COc1cccc(N2C3=CC(O)CCN3c3ccccc32)c1. The van der Waals surface area contributed by atoms with Gasteiger partial charge in [0.15, 0.2) is 0 Å². The molecule has 112 valence electrons. The van der Waals surface area contributed by atoms with Gasteiger partial charge in [0.05, 0.1) is 30.3 Å². The first-order valence-electron chi connectivity index (χ1n) is 7.48. The average molecular weight is 294 g/mol. The third kappa shape index (κ3) is 1.96. The summed E-state index contributed by atoms with van der Waals surface area (Å²) < 4.78 is 5.35. The molecule has 0 radical (unpaired) electrons. The Hall–Kier alpha value is -2.46. The van der Waals surface area contributed by atoms with Crippen molar-refractivity contribution in [2.45, 2.75) is 12.5 Å². The van der Waals surface area contributed by atoms with Crippen molar-refractivity contribution in [1.82, 2.24) is 0 Å². The Labute approximate surface area is 129 Å². The van der Waals surface area contributed by atoms with Crippen LogP contribution in [-0.2, 0) is 0 Å². The molecule has 0 saturated carbocycles. The molecule has 0 fully saturated rings. The number of ether oxygens (including phenoxy) is 1. The number of hydrogen-bond acceptors (Lipinski definition) is 4. The van der Waals surface area contributed by atoms with Gasteiger partial charge in [-0.2, -0.15) is 0 Å². The zero-order valence-electron chi connectivity index (χ0n) is 12.4. The largest absolute Gasteiger partial charge is 0.497 e. The molecular weight excluding hydrogens is 276 g/mol. The molecule has 1 N–H and O–H groups in total. The molecule has 2 aliphatic rings.